The highest BCUT2D eigenvalue weighted by Crippen LogP contribution is 2.36. The fourth-order valence-electron chi connectivity index (χ4n) is 1.68. The summed E-state index contributed by atoms with van der Waals surface area (Å²) in [7, 11) is 0. The highest BCUT2D eigenvalue weighted by molar-refractivity contribution is 5.85. The van der Waals surface area contributed by atoms with E-state index in [0.29, 0.717) is 5.56 Å². The fraction of sp³-hybridized carbons (Fsp3) is 0. The van der Waals surface area contributed by atoms with Crippen LogP contribution in [-0.2, 0) is 0 Å². The summed E-state index contributed by atoms with van der Waals surface area (Å²) in [5.74, 6) is -0.521. The summed E-state index contributed by atoms with van der Waals surface area (Å²) in [5.41, 5.74) is -0.306. The normalized spacial score (nSPS) is 9.44. The Balaban J connectivity index is 2.94. The van der Waals surface area contributed by atoms with Crippen LogP contribution in [0.5, 0.6) is 5.88 Å². The zero-order chi connectivity index (χ0) is 13.1. The highest BCUT2D eigenvalue weighted by atomic mass is 16.3. The lowest BCUT2D eigenvalue weighted by atomic mass is 10.0. The molecule has 0 saturated carbocycles. The first-order valence-electron chi connectivity index (χ1n) is 5.01. The predicted octanol–water partition coefficient (Wildman–Crippen LogP) is 2.17. The third-order valence-electron chi connectivity index (χ3n) is 2.46. The topological polar surface area (TPSA) is 81.2 Å². The standard InChI is InChI=1S/C13H7N3O2/c1-15-11-10(8-5-3-2-4-6-8)9(7-14)12(17)16-13(11)18/h2-6H,(H2,16,17,18). The van der Waals surface area contributed by atoms with Crippen molar-refractivity contribution in [2.75, 3.05) is 0 Å². The Labute approximate surface area is 102 Å². The number of benzene rings is 1. The Bertz CT molecular complexity index is 734. The zero-order valence-corrected chi connectivity index (χ0v) is 9.14. The number of nitriles is 1. The van der Waals surface area contributed by atoms with Gasteiger partial charge in [-0.1, -0.05) is 30.3 Å². The van der Waals surface area contributed by atoms with Gasteiger partial charge in [0, 0.05) is 5.56 Å². The van der Waals surface area contributed by atoms with Gasteiger partial charge in [0.1, 0.15) is 11.6 Å². The van der Waals surface area contributed by atoms with Gasteiger partial charge in [-0.05, 0) is 5.56 Å². The van der Waals surface area contributed by atoms with Crippen molar-refractivity contribution in [3.05, 3.63) is 57.7 Å². The van der Waals surface area contributed by atoms with Gasteiger partial charge in [0.25, 0.3) is 11.2 Å². The maximum atomic E-state index is 11.6. The third kappa shape index (κ3) is 1.70. The molecule has 2 aromatic rings. The minimum atomic E-state index is -0.707. The number of nitrogens with zero attached hydrogens (tertiary/aromatic N) is 2. The second kappa shape index (κ2) is 4.44. The summed E-state index contributed by atoms with van der Waals surface area (Å²) in [6.45, 7) is 7.05. The first kappa shape index (κ1) is 11.4. The van der Waals surface area contributed by atoms with E-state index in [0.717, 1.165) is 0 Å². The Morgan fingerprint density at radius 2 is 2.00 bits per heavy atom. The molecule has 2 rings (SSSR count). The zero-order valence-electron chi connectivity index (χ0n) is 9.14. The summed E-state index contributed by atoms with van der Waals surface area (Å²) in [5, 5.41) is 18.6. The van der Waals surface area contributed by atoms with Crippen LogP contribution in [0.4, 0.5) is 5.69 Å². The average molecular weight is 237 g/mol. The molecule has 0 unspecified atom stereocenters. The van der Waals surface area contributed by atoms with Gasteiger partial charge in [0.05, 0.1) is 6.57 Å². The number of H-pyrrole nitrogens is 1. The lowest BCUT2D eigenvalue weighted by Gasteiger charge is -2.07. The van der Waals surface area contributed by atoms with E-state index in [-0.39, 0.29) is 16.8 Å². The van der Waals surface area contributed by atoms with Crippen LogP contribution in [0.1, 0.15) is 5.56 Å². The van der Waals surface area contributed by atoms with Crippen LogP contribution in [0.2, 0.25) is 0 Å². The highest BCUT2D eigenvalue weighted by Gasteiger charge is 2.18. The van der Waals surface area contributed by atoms with Crippen molar-refractivity contribution in [3.63, 3.8) is 0 Å². The first-order valence-corrected chi connectivity index (χ1v) is 5.01. The van der Waals surface area contributed by atoms with Gasteiger partial charge in [-0.25, -0.2) is 4.85 Å². The number of aromatic nitrogens is 1. The molecule has 0 aliphatic carbocycles. The largest absolute Gasteiger partial charge is 0.503 e. The summed E-state index contributed by atoms with van der Waals surface area (Å²) >= 11 is 0. The minimum Gasteiger partial charge on any atom is -0.503 e. The van der Waals surface area contributed by atoms with Crippen LogP contribution in [0.3, 0.4) is 0 Å². The van der Waals surface area contributed by atoms with Crippen molar-refractivity contribution in [2.45, 2.75) is 0 Å². The fourth-order valence-corrected chi connectivity index (χ4v) is 1.68. The van der Waals surface area contributed by atoms with Crippen LogP contribution in [0, 0.1) is 17.9 Å². The average Bonchev–Trinajstić information content (AvgIpc) is 2.39. The van der Waals surface area contributed by atoms with Crippen molar-refractivity contribution < 1.29 is 5.11 Å². The molecule has 1 heterocycles. The lowest BCUT2D eigenvalue weighted by Crippen LogP contribution is -2.11. The van der Waals surface area contributed by atoms with Gasteiger partial charge < -0.3 is 10.1 Å². The molecule has 5 nitrogen and oxygen atoms in total. The van der Waals surface area contributed by atoms with Crippen molar-refractivity contribution >= 4 is 5.69 Å². The molecular formula is C13H7N3O2. The maximum Gasteiger partial charge on any atom is 0.266 e. The van der Waals surface area contributed by atoms with E-state index in [2.05, 4.69) is 9.83 Å². The van der Waals surface area contributed by atoms with E-state index < -0.39 is 11.4 Å². The number of hydrogen-bond donors (Lipinski definition) is 2. The van der Waals surface area contributed by atoms with Crippen LogP contribution < -0.4 is 5.56 Å². The molecule has 2 N–H and O–H groups in total. The summed E-state index contributed by atoms with van der Waals surface area (Å²) in [4.78, 5) is 16.9. The molecule has 18 heavy (non-hydrogen) atoms. The van der Waals surface area contributed by atoms with Crippen LogP contribution >= 0.6 is 0 Å². The van der Waals surface area contributed by atoms with E-state index in [1.165, 1.54) is 0 Å². The Morgan fingerprint density at radius 3 is 2.56 bits per heavy atom. The second-order valence-electron chi connectivity index (χ2n) is 3.49. The summed E-state index contributed by atoms with van der Waals surface area (Å²) in [6.07, 6.45) is 0. The number of pyridine rings is 1. The van der Waals surface area contributed by atoms with Crippen LogP contribution in [0.15, 0.2) is 35.1 Å². The molecule has 86 valence electrons. The van der Waals surface area contributed by atoms with E-state index in [9.17, 15) is 9.90 Å². The SMILES string of the molecule is [C-]#[N+]c1c(O)[nH]c(=O)c(C#N)c1-c1ccccc1. The first-order chi connectivity index (χ1) is 8.69. The molecule has 0 amide bonds. The van der Waals surface area contributed by atoms with Gasteiger partial charge in [-0.3, -0.25) is 4.79 Å². The minimum absolute atomic E-state index is 0.127. The lowest BCUT2D eigenvalue weighted by molar-refractivity contribution is 0.455. The number of aromatic hydroxyl groups is 1. The molecule has 0 fully saturated rings. The van der Waals surface area contributed by atoms with E-state index in [1.807, 2.05) is 0 Å². The van der Waals surface area contributed by atoms with Crippen molar-refractivity contribution in [1.29, 1.82) is 5.26 Å². The van der Waals surface area contributed by atoms with Gasteiger partial charge >= 0.3 is 0 Å². The molecule has 0 spiro atoms. The summed E-state index contributed by atoms with van der Waals surface area (Å²) in [6, 6.07) is 10.3. The Hall–Kier alpha value is -3.05. The molecule has 1 aromatic carbocycles. The van der Waals surface area contributed by atoms with Gasteiger partial charge in [-0.2, -0.15) is 5.26 Å². The number of hydrogen-bond acceptors (Lipinski definition) is 3. The quantitative estimate of drug-likeness (QED) is 0.746. The summed E-state index contributed by atoms with van der Waals surface area (Å²) < 4.78 is 0. The van der Waals surface area contributed by atoms with E-state index >= 15 is 0 Å². The van der Waals surface area contributed by atoms with Gasteiger partial charge in [0.15, 0.2) is 5.88 Å². The molecule has 0 aliphatic heterocycles. The molecule has 0 saturated heterocycles. The molecular weight excluding hydrogens is 230 g/mol. The van der Waals surface area contributed by atoms with Crippen LogP contribution in [-0.4, -0.2) is 10.1 Å². The van der Waals surface area contributed by atoms with Gasteiger partial charge in [-0.15, -0.1) is 0 Å². The molecule has 5 heteroatoms. The second-order valence-corrected chi connectivity index (χ2v) is 3.49. The molecule has 0 atom stereocenters. The van der Waals surface area contributed by atoms with Crippen molar-refractivity contribution in [2.24, 2.45) is 0 Å². The third-order valence-corrected chi connectivity index (χ3v) is 2.46. The molecule has 1 aromatic heterocycles. The van der Waals surface area contributed by atoms with E-state index in [4.69, 9.17) is 11.8 Å². The molecule has 0 aliphatic rings. The maximum absolute atomic E-state index is 11.6. The van der Waals surface area contributed by atoms with Crippen molar-refractivity contribution in [3.8, 4) is 23.1 Å². The Morgan fingerprint density at radius 1 is 1.33 bits per heavy atom. The molecule has 0 radical (unpaired) electrons. The molecule has 0 bridgehead atoms. The smallest absolute Gasteiger partial charge is 0.266 e. The van der Waals surface area contributed by atoms with Crippen LogP contribution in [0.25, 0.3) is 16.0 Å². The number of aromatic amines is 1. The monoisotopic (exact) mass is 237 g/mol. The van der Waals surface area contributed by atoms with Crippen molar-refractivity contribution in [1.82, 2.24) is 4.98 Å². The number of rotatable bonds is 1. The Kier molecular flexibility index (Phi) is 2.82. The predicted molar refractivity (Wildman–Crippen MR) is 65.1 cm³/mol. The number of nitrogens with one attached hydrogen (secondary N) is 1. The van der Waals surface area contributed by atoms with E-state index in [1.54, 1.807) is 36.4 Å². The van der Waals surface area contributed by atoms with Gasteiger partial charge in [0.2, 0.25) is 0 Å².